The van der Waals surface area contributed by atoms with Gasteiger partial charge in [-0.15, -0.1) is 0 Å². The SMILES string of the molecule is CC1(C)c2ccccc2-c2ccc(-c3c4ccc(N(c5ccccc5)c5ccccc5)cc4c(C4=CC=C(c5cccc6ccccc56)CC4)c4ccc(N(C5=CCCC=C5)c5ccc6ccccc6c5)cc34)cc21. The van der Waals surface area contributed by atoms with Gasteiger partial charge in [0.15, 0.2) is 0 Å². The Kier molecular flexibility index (Phi) is 10.8. The second-order valence-corrected chi connectivity index (χ2v) is 21.0. The molecule has 0 spiro atoms. The van der Waals surface area contributed by atoms with Gasteiger partial charge in [0.2, 0.25) is 0 Å². The van der Waals surface area contributed by atoms with E-state index < -0.39 is 0 Å². The van der Waals surface area contributed by atoms with Crippen molar-refractivity contribution in [2.75, 3.05) is 9.80 Å². The highest BCUT2D eigenvalue weighted by Crippen LogP contribution is 2.53. The highest BCUT2D eigenvalue weighted by molar-refractivity contribution is 6.20. The molecular weight excluding hydrogens is 905 g/mol. The van der Waals surface area contributed by atoms with E-state index in [1.807, 2.05) is 0 Å². The fourth-order valence-electron chi connectivity index (χ4n) is 12.7. The summed E-state index contributed by atoms with van der Waals surface area (Å²) in [7, 11) is 0. The molecule has 75 heavy (non-hydrogen) atoms. The lowest BCUT2D eigenvalue weighted by Gasteiger charge is -2.30. The van der Waals surface area contributed by atoms with Crippen LogP contribution in [0.4, 0.5) is 28.4 Å². The summed E-state index contributed by atoms with van der Waals surface area (Å²) in [6.07, 6.45) is 15.8. The maximum Gasteiger partial charge on any atom is 0.0468 e. The number of hydrogen-bond donors (Lipinski definition) is 0. The summed E-state index contributed by atoms with van der Waals surface area (Å²) in [6.45, 7) is 4.80. The fourth-order valence-corrected chi connectivity index (χ4v) is 12.7. The van der Waals surface area contributed by atoms with E-state index in [0.29, 0.717) is 0 Å². The van der Waals surface area contributed by atoms with E-state index in [1.165, 1.54) is 104 Å². The van der Waals surface area contributed by atoms with E-state index in [1.54, 1.807) is 0 Å². The van der Waals surface area contributed by atoms with Gasteiger partial charge in [-0.3, -0.25) is 0 Å². The molecule has 11 aromatic rings. The third kappa shape index (κ3) is 7.63. The molecule has 0 N–H and O–H groups in total. The first-order chi connectivity index (χ1) is 37.0. The molecule has 0 bridgehead atoms. The van der Waals surface area contributed by atoms with Crippen LogP contribution in [0, 0.1) is 0 Å². The van der Waals surface area contributed by atoms with E-state index in [4.69, 9.17) is 0 Å². The van der Waals surface area contributed by atoms with Gasteiger partial charge in [0.1, 0.15) is 0 Å². The van der Waals surface area contributed by atoms with Gasteiger partial charge in [-0.25, -0.2) is 0 Å². The molecule has 0 fully saturated rings. The first-order valence-electron chi connectivity index (χ1n) is 26.7. The van der Waals surface area contributed by atoms with E-state index in [-0.39, 0.29) is 5.41 Å². The molecule has 0 aliphatic heterocycles. The molecule has 0 unspecified atom stereocenters. The Bertz CT molecular complexity index is 4160. The summed E-state index contributed by atoms with van der Waals surface area (Å²) in [5.41, 5.74) is 20.0. The zero-order chi connectivity index (χ0) is 50.0. The Balaban J connectivity index is 1.07. The third-order valence-electron chi connectivity index (χ3n) is 16.3. The second kappa shape index (κ2) is 18.2. The number of para-hydroxylation sites is 2. The highest BCUT2D eigenvalue weighted by Gasteiger charge is 2.36. The lowest BCUT2D eigenvalue weighted by atomic mass is 9.79. The number of anilines is 5. The van der Waals surface area contributed by atoms with Gasteiger partial charge in [0, 0.05) is 39.5 Å². The first-order valence-corrected chi connectivity index (χ1v) is 26.7. The molecule has 2 nitrogen and oxygen atoms in total. The van der Waals surface area contributed by atoms with Gasteiger partial charge in [-0.05, 0) is 197 Å². The van der Waals surface area contributed by atoms with E-state index in [2.05, 4.69) is 278 Å². The Morgan fingerprint density at radius 3 is 1.69 bits per heavy atom. The molecule has 0 saturated carbocycles. The van der Waals surface area contributed by atoms with Gasteiger partial charge in [-0.2, -0.15) is 0 Å². The van der Waals surface area contributed by atoms with Crippen LogP contribution in [-0.2, 0) is 5.41 Å². The van der Waals surface area contributed by atoms with Gasteiger partial charge in [0.25, 0.3) is 0 Å². The maximum absolute atomic E-state index is 2.52. The summed E-state index contributed by atoms with van der Waals surface area (Å²) in [4.78, 5) is 4.89. The second-order valence-electron chi connectivity index (χ2n) is 21.0. The largest absolute Gasteiger partial charge is 0.311 e. The Labute approximate surface area is 440 Å². The van der Waals surface area contributed by atoms with Crippen molar-refractivity contribution in [3.8, 4) is 22.3 Å². The van der Waals surface area contributed by atoms with Gasteiger partial charge in [-0.1, -0.05) is 196 Å². The van der Waals surface area contributed by atoms with Crippen LogP contribution in [0.1, 0.15) is 61.8 Å². The van der Waals surface area contributed by atoms with Crippen molar-refractivity contribution in [3.05, 3.63) is 283 Å². The average molecular weight is 961 g/mol. The van der Waals surface area contributed by atoms with Crippen LogP contribution < -0.4 is 9.80 Å². The van der Waals surface area contributed by atoms with Crippen LogP contribution in [0.25, 0.3) is 76.5 Å². The van der Waals surface area contributed by atoms with Gasteiger partial charge < -0.3 is 9.80 Å². The maximum atomic E-state index is 2.52. The minimum absolute atomic E-state index is 0.161. The molecule has 0 atom stereocenters. The first kappa shape index (κ1) is 44.7. The van der Waals surface area contributed by atoms with Crippen molar-refractivity contribution >= 4 is 82.7 Å². The van der Waals surface area contributed by atoms with Crippen LogP contribution in [-0.4, -0.2) is 0 Å². The highest BCUT2D eigenvalue weighted by atomic mass is 15.1. The smallest absolute Gasteiger partial charge is 0.0468 e. The molecule has 3 aliphatic rings. The summed E-state index contributed by atoms with van der Waals surface area (Å²) >= 11 is 0. The average Bonchev–Trinajstić information content (AvgIpc) is 3.74. The molecule has 0 aromatic heterocycles. The number of hydrogen-bond acceptors (Lipinski definition) is 2. The van der Waals surface area contributed by atoms with Crippen molar-refractivity contribution in [3.63, 3.8) is 0 Å². The predicted molar refractivity (Wildman–Crippen MR) is 321 cm³/mol. The molecule has 0 heterocycles. The number of rotatable bonds is 9. The topological polar surface area (TPSA) is 6.48 Å². The molecule has 0 amide bonds. The number of benzene rings is 11. The molecule has 0 saturated heterocycles. The van der Waals surface area contributed by atoms with E-state index >= 15 is 0 Å². The fraction of sp³-hybridized carbons (Fsp3) is 0.0959. The molecule has 14 rings (SSSR count). The van der Waals surface area contributed by atoms with Crippen molar-refractivity contribution in [1.82, 2.24) is 0 Å². The van der Waals surface area contributed by atoms with E-state index in [0.717, 1.165) is 54.1 Å². The Morgan fingerprint density at radius 1 is 0.360 bits per heavy atom. The lowest BCUT2D eigenvalue weighted by molar-refractivity contribution is 0.660. The van der Waals surface area contributed by atoms with Gasteiger partial charge >= 0.3 is 0 Å². The minimum atomic E-state index is -0.161. The monoisotopic (exact) mass is 960 g/mol. The number of allylic oxidation sites excluding steroid dienone is 7. The standard InChI is InChI=1S/C73H56N2/c1-73(2)69-32-17-16-30-63(69)64-42-38-54(46-70(64)73)72-66-44-40-59(74(55-23-6-3-7-24-55)56-25-8-4-9-26-56)47-67(66)71(52-35-33-51(34-36-52)62-31-18-22-50-20-14-15-29-61(50)62)65-43-41-60(48-68(65)72)75(57-27-10-5-11-28-57)58-39-37-49-19-12-13-21-53(49)45-58/h3-4,6-10,12-33,35,37-48H,5,11,34,36H2,1-2H3. The molecule has 11 aromatic carbocycles. The summed E-state index contributed by atoms with van der Waals surface area (Å²) in [5, 5.41) is 10.0. The van der Waals surface area contributed by atoms with Crippen molar-refractivity contribution in [2.45, 2.75) is 44.9 Å². The molecule has 0 radical (unpaired) electrons. The molecule has 3 aliphatic carbocycles. The van der Waals surface area contributed by atoms with Crippen molar-refractivity contribution < 1.29 is 0 Å². The Morgan fingerprint density at radius 2 is 0.947 bits per heavy atom. The van der Waals surface area contributed by atoms with Gasteiger partial charge in [0.05, 0.1) is 0 Å². The van der Waals surface area contributed by atoms with Crippen molar-refractivity contribution in [1.29, 1.82) is 0 Å². The molecular formula is C73H56N2. The lowest BCUT2D eigenvalue weighted by Crippen LogP contribution is -2.16. The van der Waals surface area contributed by atoms with Crippen LogP contribution >= 0.6 is 0 Å². The van der Waals surface area contributed by atoms with Crippen LogP contribution in [0.15, 0.2) is 261 Å². The summed E-state index contributed by atoms with van der Waals surface area (Å²) in [5.74, 6) is 0. The van der Waals surface area contributed by atoms with Crippen LogP contribution in [0.3, 0.4) is 0 Å². The summed E-state index contributed by atoms with van der Waals surface area (Å²) < 4.78 is 0. The predicted octanol–water partition coefficient (Wildman–Crippen LogP) is 20.4. The zero-order valence-electron chi connectivity index (χ0n) is 42.5. The normalized spacial score (nSPS) is 14.6. The minimum Gasteiger partial charge on any atom is -0.311 e. The van der Waals surface area contributed by atoms with Crippen LogP contribution in [0.2, 0.25) is 0 Å². The van der Waals surface area contributed by atoms with Crippen molar-refractivity contribution in [2.24, 2.45) is 0 Å². The quantitative estimate of drug-likeness (QED) is 0.133. The third-order valence-corrected chi connectivity index (χ3v) is 16.3. The van der Waals surface area contributed by atoms with Crippen LogP contribution in [0.5, 0.6) is 0 Å². The summed E-state index contributed by atoms with van der Waals surface area (Å²) in [6, 6.07) is 83.8. The Hall–Kier alpha value is -8.98. The molecule has 358 valence electrons. The zero-order valence-corrected chi connectivity index (χ0v) is 42.5. The number of fused-ring (bicyclic) bond motifs is 7. The molecule has 2 heteroatoms. The number of nitrogens with zero attached hydrogens (tertiary/aromatic N) is 2. The van der Waals surface area contributed by atoms with E-state index in [9.17, 15) is 0 Å².